The minimum Gasteiger partial charge on any atom is -0.398 e. The Morgan fingerprint density at radius 2 is 2.19 bits per heavy atom. The number of benzene rings is 1. The van der Waals surface area contributed by atoms with Crippen molar-refractivity contribution in [2.45, 2.75) is 23.8 Å². The second-order valence-corrected chi connectivity index (χ2v) is 6.20. The molecule has 0 spiro atoms. The number of nitrogens with two attached hydrogens (primary N) is 1. The lowest BCUT2D eigenvalue weighted by atomic mass is 10.1. The summed E-state index contributed by atoms with van der Waals surface area (Å²) >= 11 is 0. The first-order chi connectivity index (χ1) is 7.48. The van der Waals surface area contributed by atoms with E-state index in [4.69, 9.17) is 5.73 Å². The third kappa shape index (κ3) is 2.20. The number of anilines is 1. The van der Waals surface area contributed by atoms with E-state index in [1.165, 1.54) is 6.26 Å². The van der Waals surface area contributed by atoms with Crippen LogP contribution in [0.25, 0.3) is 0 Å². The zero-order valence-electron chi connectivity index (χ0n) is 9.23. The molecule has 0 radical (unpaired) electrons. The fourth-order valence-electron chi connectivity index (χ4n) is 2.06. The summed E-state index contributed by atoms with van der Waals surface area (Å²) in [5.41, 5.74) is 7.00. The Morgan fingerprint density at radius 1 is 1.44 bits per heavy atom. The highest BCUT2D eigenvalue weighted by Gasteiger charge is 2.19. The first-order valence-corrected chi connectivity index (χ1v) is 7.20. The second-order valence-electron chi connectivity index (χ2n) is 4.22. The molecule has 1 saturated heterocycles. The van der Waals surface area contributed by atoms with Crippen LogP contribution in [0.4, 0.5) is 5.69 Å². The highest BCUT2D eigenvalue weighted by molar-refractivity contribution is 7.90. The summed E-state index contributed by atoms with van der Waals surface area (Å²) in [7, 11) is -3.24. The fourth-order valence-corrected chi connectivity index (χ4v) is 2.90. The lowest BCUT2D eigenvalue weighted by Crippen LogP contribution is -2.14. The van der Waals surface area contributed by atoms with Crippen LogP contribution >= 0.6 is 0 Å². The molecule has 1 aliphatic rings. The van der Waals surface area contributed by atoms with Crippen LogP contribution in [0, 0.1) is 0 Å². The Balaban J connectivity index is 2.43. The van der Waals surface area contributed by atoms with Crippen molar-refractivity contribution >= 4 is 15.5 Å². The van der Waals surface area contributed by atoms with Gasteiger partial charge in [0.2, 0.25) is 0 Å². The zero-order chi connectivity index (χ0) is 11.8. The quantitative estimate of drug-likeness (QED) is 0.759. The van der Waals surface area contributed by atoms with Gasteiger partial charge in [-0.05, 0) is 37.1 Å². The molecule has 1 heterocycles. The predicted octanol–water partition coefficient (Wildman–Crippen LogP) is 1.10. The molecule has 3 N–H and O–H groups in total. The molecular formula is C11H16N2O2S. The van der Waals surface area contributed by atoms with Crippen molar-refractivity contribution in [2.24, 2.45) is 0 Å². The van der Waals surface area contributed by atoms with E-state index < -0.39 is 9.84 Å². The molecule has 1 fully saturated rings. The highest BCUT2D eigenvalue weighted by atomic mass is 32.2. The van der Waals surface area contributed by atoms with E-state index in [1.807, 2.05) is 6.07 Å². The Morgan fingerprint density at radius 3 is 2.75 bits per heavy atom. The monoisotopic (exact) mass is 240 g/mol. The summed E-state index contributed by atoms with van der Waals surface area (Å²) in [6.07, 6.45) is 3.36. The van der Waals surface area contributed by atoms with Crippen LogP contribution in [0.3, 0.4) is 0 Å². The first-order valence-electron chi connectivity index (χ1n) is 5.31. The zero-order valence-corrected chi connectivity index (χ0v) is 10.0. The van der Waals surface area contributed by atoms with Gasteiger partial charge in [0, 0.05) is 12.3 Å². The molecule has 0 saturated carbocycles. The Kier molecular flexibility index (Phi) is 2.90. The van der Waals surface area contributed by atoms with E-state index in [0.29, 0.717) is 5.69 Å². The van der Waals surface area contributed by atoms with Crippen molar-refractivity contribution < 1.29 is 8.42 Å². The third-order valence-corrected chi connectivity index (χ3v) is 4.05. The molecule has 0 aliphatic carbocycles. The summed E-state index contributed by atoms with van der Waals surface area (Å²) in [6.45, 7) is 0.989. The van der Waals surface area contributed by atoms with Gasteiger partial charge in [-0.2, -0.15) is 0 Å². The van der Waals surface area contributed by atoms with Crippen LogP contribution in [0.2, 0.25) is 0 Å². The molecule has 1 atom stereocenters. The van der Waals surface area contributed by atoms with Crippen LogP contribution in [-0.4, -0.2) is 21.2 Å². The number of nitrogen functional groups attached to an aromatic ring is 1. The molecule has 16 heavy (non-hydrogen) atoms. The molecule has 1 aromatic carbocycles. The standard InChI is InChI=1S/C11H16N2O2S/c1-16(14,15)11-7-8(4-5-9(11)12)10-3-2-6-13-10/h4-5,7,10,13H,2-3,6,12H2,1H3. The Bertz CT molecular complexity index is 491. The van der Waals surface area contributed by atoms with E-state index in [9.17, 15) is 8.42 Å². The molecule has 5 heteroatoms. The van der Waals surface area contributed by atoms with Crippen LogP contribution in [0.1, 0.15) is 24.4 Å². The van der Waals surface area contributed by atoms with Crippen molar-refractivity contribution in [3.05, 3.63) is 23.8 Å². The smallest absolute Gasteiger partial charge is 0.177 e. The molecule has 88 valence electrons. The fraction of sp³-hybridized carbons (Fsp3) is 0.455. The summed E-state index contributed by atoms with van der Waals surface area (Å²) < 4.78 is 23.0. The predicted molar refractivity (Wildman–Crippen MR) is 63.9 cm³/mol. The van der Waals surface area contributed by atoms with Crippen molar-refractivity contribution in [1.29, 1.82) is 0 Å². The van der Waals surface area contributed by atoms with Gasteiger partial charge in [0.25, 0.3) is 0 Å². The number of nitrogens with one attached hydrogen (secondary N) is 1. The average molecular weight is 240 g/mol. The minimum atomic E-state index is -3.24. The van der Waals surface area contributed by atoms with Gasteiger partial charge in [-0.3, -0.25) is 0 Å². The van der Waals surface area contributed by atoms with Crippen LogP contribution < -0.4 is 11.1 Å². The van der Waals surface area contributed by atoms with Crippen molar-refractivity contribution in [1.82, 2.24) is 5.32 Å². The molecule has 1 aliphatic heterocycles. The maximum absolute atomic E-state index is 11.5. The lowest BCUT2D eigenvalue weighted by Gasteiger charge is -2.13. The van der Waals surface area contributed by atoms with Crippen molar-refractivity contribution in [3.63, 3.8) is 0 Å². The van der Waals surface area contributed by atoms with Crippen LogP contribution in [0.15, 0.2) is 23.1 Å². The molecule has 0 amide bonds. The SMILES string of the molecule is CS(=O)(=O)c1cc(C2CCCN2)ccc1N. The molecule has 1 unspecified atom stereocenters. The lowest BCUT2D eigenvalue weighted by molar-refractivity contribution is 0.601. The van der Waals surface area contributed by atoms with Gasteiger partial charge in [-0.25, -0.2) is 8.42 Å². The van der Waals surface area contributed by atoms with Gasteiger partial charge in [0.05, 0.1) is 10.6 Å². The molecule has 1 aromatic rings. The van der Waals surface area contributed by atoms with Crippen LogP contribution in [-0.2, 0) is 9.84 Å². The third-order valence-electron chi connectivity index (χ3n) is 2.90. The molecule has 4 nitrogen and oxygen atoms in total. The largest absolute Gasteiger partial charge is 0.398 e. The van der Waals surface area contributed by atoms with Gasteiger partial charge < -0.3 is 11.1 Å². The topological polar surface area (TPSA) is 72.2 Å². The maximum atomic E-state index is 11.5. The Labute approximate surface area is 95.8 Å². The summed E-state index contributed by atoms with van der Waals surface area (Å²) in [5.74, 6) is 0. The minimum absolute atomic E-state index is 0.235. The molecule has 0 aromatic heterocycles. The van der Waals surface area contributed by atoms with Crippen molar-refractivity contribution in [3.8, 4) is 0 Å². The Hall–Kier alpha value is -1.07. The number of hydrogen-bond acceptors (Lipinski definition) is 4. The van der Waals surface area contributed by atoms with Gasteiger partial charge in [-0.15, -0.1) is 0 Å². The van der Waals surface area contributed by atoms with E-state index >= 15 is 0 Å². The second kappa shape index (κ2) is 4.07. The van der Waals surface area contributed by atoms with Gasteiger partial charge in [-0.1, -0.05) is 6.07 Å². The normalized spacial score (nSPS) is 21.2. The molecule has 0 bridgehead atoms. The number of sulfone groups is 1. The average Bonchev–Trinajstić information content (AvgIpc) is 2.69. The number of rotatable bonds is 2. The van der Waals surface area contributed by atoms with E-state index in [0.717, 1.165) is 24.9 Å². The molecular weight excluding hydrogens is 224 g/mol. The number of hydrogen-bond donors (Lipinski definition) is 2. The van der Waals surface area contributed by atoms with Crippen LogP contribution in [0.5, 0.6) is 0 Å². The van der Waals surface area contributed by atoms with Crippen molar-refractivity contribution in [2.75, 3.05) is 18.5 Å². The van der Waals surface area contributed by atoms with E-state index in [1.54, 1.807) is 12.1 Å². The summed E-state index contributed by atoms with van der Waals surface area (Å²) in [6, 6.07) is 5.52. The maximum Gasteiger partial charge on any atom is 0.177 e. The van der Waals surface area contributed by atoms with Gasteiger partial charge >= 0.3 is 0 Å². The summed E-state index contributed by atoms with van der Waals surface area (Å²) in [5, 5.41) is 3.34. The summed E-state index contributed by atoms with van der Waals surface area (Å²) in [4.78, 5) is 0.235. The van der Waals surface area contributed by atoms with Gasteiger partial charge in [0.1, 0.15) is 0 Å². The van der Waals surface area contributed by atoms with Gasteiger partial charge in [0.15, 0.2) is 9.84 Å². The first kappa shape index (κ1) is 11.4. The van der Waals surface area contributed by atoms with E-state index in [-0.39, 0.29) is 10.9 Å². The molecule has 2 rings (SSSR count). The van der Waals surface area contributed by atoms with E-state index in [2.05, 4.69) is 5.32 Å². The highest BCUT2D eigenvalue weighted by Crippen LogP contribution is 2.27.